The quantitative estimate of drug-likeness (QED) is 0.0996. The van der Waals surface area contributed by atoms with Crippen LogP contribution in [0.2, 0.25) is 0 Å². The number of ether oxygens (including phenoxy) is 2. The molecule has 0 bridgehead atoms. The average Bonchev–Trinajstić information content (AvgIpc) is 3.73. The summed E-state index contributed by atoms with van der Waals surface area (Å²) < 4.78 is 10.3. The van der Waals surface area contributed by atoms with Crippen molar-refractivity contribution in [3.05, 3.63) is 239 Å². The molecular formula is C66H46N2O4. The highest BCUT2D eigenvalue weighted by Gasteiger charge is 2.26. The Balaban J connectivity index is 0.841. The number of carbonyl (C=O) groups excluding carboxylic acids is 2. The molecule has 10 aromatic carbocycles. The van der Waals surface area contributed by atoms with Gasteiger partial charge in [0.1, 0.15) is 11.1 Å². The molecule has 10 aromatic rings. The maximum atomic E-state index is 13.4. The number of esters is 2. The second kappa shape index (κ2) is 18.5. The number of methoxy groups -OCH3 is 2. The molecule has 2 aliphatic rings. The first-order valence-corrected chi connectivity index (χ1v) is 24.1. The third-order valence-corrected chi connectivity index (χ3v) is 14.2. The van der Waals surface area contributed by atoms with Crippen LogP contribution >= 0.6 is 0 Å². The van der Waals surface area contributed by atoms with Crippen LogP contribution in [0.25, 0.3) is 65.3 Å². The predicted molar refractivity (Wildman–Crippen MR) is 291 cm³/mol. The zero-order valence-electron chi connectivity index (χ0n) is 39.8. The average molecular weight is 931 g/mol. The lowest BCUT2D eigenvalue weighted by Gasteiger charge is -2.24. The van der Waals surface area contributed by atoms with Gasteiger partial charge in [0.25, 0.3) is 0 Å². The molecule has 0 amide bonds. The van der Waals surface area contributed by atoms with E-state index in [0.717, 1.165) is 11.4 Å². The van der Waals surface area contributed by atoms with Gasteiger partial charge < -0.3 is 19.3 Å². The number of fused-ring (bicyclic) bond motifs is 14. The van der Waals surface area contributed by atoms with E-state index in [4.69, 9.17) is 9.47 Å². The first kappa shape index (κ1) is 43.9. The van der Waals surface area contributed by atoms with E-state index in [0.29, 0.717) is 37.3 Å². The van der Waals surface area contributed by atoms with Gasteiger partial charge in [0.2, 0.25) is 0 Å². The molecule has 0 unspecified atom stereocenters. The summed E-state index contributed by atoms with van der Waals surface area (Å²) in [5, 5.41) is 9.84. The molecule has 12 rings (SSSR count). The van der Waals surface area contributed by atoms with Crippen LogP contribution in [0.5, 0.6) is 0 Å². The highest BCUT2D eigenvalue weighted by molar-refractivity contribution is 6.10. The topological polar surface area (TPSA) is 59.1 Å². The molecule has 2 heterocycles. The third-order valence-electron chi connectivity index (χ3n) is 14.2. The van der Waals surface area contributed by atoms with Gasteiger partial charge in [-0.2, -0.15) is 0 Å². The Labute approximate surface area is 418 Å². The standard InChI is InChI=1S/C66H46N2O4/c1-71-65(69)59(37-23-43-19-33-53(34-20-43)67-39-49-29-25-45-11-3-7-15-55(45)61(49)62-50(40-67)30-26-46-12-4-8-16-56(46)62)60(66(70)72-2)38-24-44-21-35-54(36-22-44)68-41-51-31-27-47-13-5-9-17-57(47)63(51)64-52(42-68)32-28-48-14-6-10-18-58(48)64/h3-22,25-36H,39-42H2,1-2H3/b60-59-. The van der Waals surface area contributed by atoms with E-state index in [2.05, 4.69) is 203 Å². The van der Waals surface area contributed by atoms with Gasteiger partial charge in [0.15, 0.2) is 0 Å². The number of hydrogen-bond donors (Lipinski definition) is 0. The Hall–Kier alpha value is -9.36. The van der Waals surface area contributed by atoms with Gasteiger partial charge in [0.05, 0.1) is 14.2 Å². The van der Waals surface area contributed by atoms with Crippen LogP contribution in [0.1, 0.15) is 33.4 Å². The number of hydrogen-bond acceptors (Lipinski definition) is 6. The molecule has 6 nitrogen and oxygen atoms in total. The van der Waals surface area contributed by atoms with Crippen molar-refractivity contribution in [2.75, 3.05) is 24.0 Å². The molecule has 0 N–H and O–H groups in total. The molecule has 0 fully saturated rings. The van der Waals surface area contributed by atoms with Gasteiger partial charge in [-0.25, -0.2) is 9.59 Å². The maximum Gasteiger partial charge on any atom is 0.348 e. The molecule has 0 saturated carbocycles. The lowest BCUT2D eigenvalue weighted by Crippen LogP contribution is -2.20. The fourth-order valence-corrected chi connectivity index (χ4v) is 10.7. The number of anilines is 2. The van der Waals surface area contributed by atoms with Crippen molar-refractivity contribution in [1.29, 1.82) is 0 Å². The van der Waals surface area contributed by atoms with E-state index in [1.54, 1.807) is 0 Å². The minimum atomic E-state index is -0.784. The second-order valence-electron chi connectivity index (χ2n) is 18.3. The minimum absolute atomic E-state index is 0.181. The molecule has 0 radical (unpaired) electrons. The van der Waals surface area contributed by atoms with Crippen LogP contribution in [-0.4, -0.2) is 26.2 Å². The SMILES string of the molecule is COC(=O)/C(C#Cc1ccc(N2Cc3ccc4ccccc4c3-c3c(ccc4ccccc34)C2)cc1)=C(/C#Cc1ccc(N2Cc3ccc4ccccc4c3-c3c(ccc4ccccc34)C2)cc1)C(=O)OC. The zero-order chi connectivity index (χ0) is 48.7. The van der Waals surface area contributed by atoms with Gasteiger partial charge in [0, 0.05) is 48.7 Å². The monoisotopic (exact) mass is 930 g/mol. The first-order chi connectivity index (χ1) is 35.4. The molecule has 0 saturated heterocycles. The summed E-state index contributed by atoms with van der Waals surface area (Å²) >= 11 is 0. The predicted octanol–water partition coefficient (Wildman–Crippen LogP) is 13.7. The van der Waals surface area contributed by atoms with E-state index < -0.39 is 11.9 Å². The normalized spacial score (nSPS) is 13.0. The summed E-state index contributed by atoms with van der Waals surface area (Å²) in [6.07, 6.45) is 0. The van der Waals surface area contributed by atoms with E-state index in [9.17, 15) is 9.59 Å². The zero-order valence-corrected chi connectivity index (χ0v) is 39.8. The van der Waals surface area contributed by atoms with Gasteiger partial charge >= 0.3 is 11.9 Å². The molecule has 6 heteroatoms. The molecule has 2 aliphatic heterocycles. The molecule has 0 aliphatic carbocycles. The molecule has 344 valence electrons. The van der Waals surface area contributed by atoms with Crippen LogP contribution in [0, 0.1) is 23.7 Å². The van der Waals surface area contributed by atoms with Crippen LogP contribution in [-0.2, 0) is 45.2 Å². The number of nitrogens with zero attached hydrogens (tertiary/aromatic N) is 2. The number of carbonyl (C=O) groups is 2. The summed E-state index contributed by atoms with van der Waals surface area (Å²) in [5.74, 6) is 10.5. The van der Waals surface area contributed by atoms with Crippen molar-refractivity contribution in [3.63, 3.8) is 0 Å². The third kappa shape index (κ3) is 7.96. The first-order valence-electron chi connectivity index (χ1n) is 24.1. The Morgan fingerprint density at radius 1 is 0.361 bits per heavy atom. The summed E-state index contributed by atoms with van der Waals surface area (Å²) in [5.41, 5.74) is 13.1. The minimum Gasteiger partial charge on any atom is -0.465 e. The summed E-state index contributed by atoms with van der Waals surface area (Å²) in [7, 11) is 2.51. The van der Waals surface area contributed by atoms with Crippen LogP contribution in [0.3, 0.4) is 0 Å². The van der Waals surface area contributed by atoms with E-state index in [-0.39, 0.29) is 11.1 Å². The van der Waals surface area contributed by atoms with Gasteiger partial charge in [-0.1, -0.05) is 169 Å². The summed E-state index contributed by atoms with van der Waals surface area (Å²) in [6, 6.07) is 68.3. The molecule has 0 aromatic heterocycles. The lowest BCUT2D eigenvalue weighted by atomic mass is 9.88. The van der Waals surface area contributed by atoms with Crippen LogP contribution < -0.4 is 9.80 Å². The van der Waals surface area contributed by atoms with Gasteiger partial charge in [-0.05, 0) is 136 Å². The van der Waals surface area contributed by atoms with Gasteiger partial charge in [-0.3, -0.25) is 0 Å². The van der Waals surface area contributed by atoms with E-state index in [1.165, 1.54) is 102 Å². The smallest absolute Gasteiger partial charge is 0.348 e. The van der Waals surface area contributed by atoms with E-state index >= 15 is 0 Å². The van der Waals surface area contributed by atoms with Crippen molar-refractivity contribution < 1.29 is 19.1 Å². The van der Waals surface area contributed by atoms with Crippen LogP contribution in [0.4, 0.5) is 11.4 Å². The van der Waals surface area contributed by atoms with Crippen molar-refractivity contribution >= 4 is 66.4 Å². The lowest BCUT2D eigenvalue weighted by molar-refractivity contribution is -0.138. The molecule has 0 spiro atoms. The fraction of sp³-hybridized carbons (Fsp3) is 0.0909. The van der Waals surface area contributed by atoms with Crippen molar-refractivity contribution in [2.24, 2.45) is 0 Å². The van der Waals surface area contributed by atoms with Crippen LogP contribution in [0.15, 0.2) is 205 Å². The van der Waals surface area contributed by atoms with Crippen molar-refractivity contribution in [2.45, 2.75) is 26.2 Å². The largest absolute Gasteiger partial charge is 0.465 e. The Bertz CT molecular complexity index is 3580. The Morgan fingerprint density at radius 3 is 0.917 bits per heavy atom. The number of rotatable bonds is 4. The molecule has 72 heavy (non-hydrogen) atoms. The van der Waals surface area contributed by atoms with Crippen molar-refractivity contribution in [1.82, 2.24) is 0 Å². The number of benzene rings is 10. The Kier molecular flexibility index (Phi) is 11.3. The highest BCUT2D eigenvalue weighted by Crippen LogP contribution is 2.45. The second-order valence-corrected chi connectivity index (χ2v) is 18.3. The van der Waals surface area contributed by atoms with E-state index in [1.807, 2.05) is 24.3 Å². The Morgan fingerprint density at radius 2 is 0.639 bits per heavy atom. The molecular weight excluding hydrogens is 885 g/mol. The molecule has 0 atom stereocenters. The van der Waals surface area contributed by atoms with Gasteiger partial charge in [-0.15, -0.1) is 0 Å². The van der Waals surface area contributed by atoms with Crippen molar-refractivity contribution in [3.8, 4) is 45.9 Å². The summed E-state index contributed by atoms with van der Waals surface area (Å²) in [6.45, 7) is 2.85. The summed E-state index contributed by atoms with van der Waals surface area (Å²) in [4.78, 5) is 31.5. The maximum absolute atomic E-state index is 13.4. The highest BCUT2D eigenvalue weighted by atomic mass is 16.5. The fourth-order valence-electron chi connectivity index (χ4n) is 10.7.